The van der Waals surface area contributed by atoms with E-state index in [1.807, 2.05) is 0 Å². The van der Waals surface area contributed by atoms with Gasteiger partial charge in [0.1, 0.15) is 5.00 Å². The van der Waals surface area contributed by atoms with Gasteiger partial charge in [0.05, 0.1) is 18.7 Å². The fourth-order valence-corrected chi connectivity index (χ4v) is 4.87. The summed E-state index contributed by atoms with van der Waals surface area (Å²) < 4.78 is 5.01. The van der Waals surface area contributed by atoms with Crippen molar-refractivity contribution < 1.29 is 9.53 Å². The summed E-state index contributed by atoms with van der Waals surface area (Å²) >= 11 is 7.11. The minimum atomic E-state index is -0.290. The number of benzene rings is 1. The molecule has 0 amide bonds. The lowest BCUT2D eigenvalue weighted by Crippen LogP contribution is -2.31. The predicted molar refractivity (Wildman–Crippen MR) is 111 cm³/mol. The van der Waals surface area contributed by atoms with Crippen LogP contribution in [-0.2, 0) is 17.6 Å². The number of carbonyl (C=O) groups is 1. The van der Waals surface area contributed by atoms with E-state index in [4.69, 9.17) is 17.0 Å². The Morgan fingerprint density at radius 3 is 2.62 bits per heavy atom. The number of carbonyl (C=O) groups excluding carboxylic acids is 1. The van der Waals surface area contributed by atoms with Crippen LogP contribution >= 0.6 is 23.6 Å². The highest BCUT2D eigenvalue weighted by Crippen LogP contribution is 2.38. The molecule has 1 aromatic heterocycles. The van der Waals surface area contributed by atoms with E-state index in [9.17, 15) is 4.79 Å². The molecule has 0 bridgehead atoms. The van der Waals surface area contributed by atoms with E-state index in [1.54, 1.807) is 11.3 Å². The van der Waals surface area contributed by atoms with Crippen LogP contribution in [-0.4, -0.2) is 18.2 Å². The number of fused-ring (bicyclic) bond motifs is 1. The van der Waals surface area contributed by atoms with Crippen LogP contribution in [0.25, 0.3) is 0 Å². The van der Waals surface area contributed by atoms with Crippen LogP contribution in [0.15, 0.2) is 24.3 Å². The lowest BCUT2D eigenvalue weighted by atomic mass is 9.95. The molecule has 0 radical (unpaired) electrons. The zero-order chi connectivity index (χ0) is 18.7. The number of ether oxygens (including phenoxy) is 1. The Morgan fingerprint density at radius 1 is 1.23 bits per heavy atom. The van der Waals surface area contributed by atoms with E-state index in [2.05, 4.69) is 48.7 Å². The van der Waals surface area contributed by atoms with Gasteiger partial charge in [0.25, 0.3) is 0 Å². The topological polar surface area (TPSA) is 50.4 Å². The maximum absolute atomic E-state index is 12.3. The molecule has 1 atom stereocenters. The van der Waals surface area contributed by atoms with Gasteiger partial charge in [-0.25, -0.2) is 4.79 Å². The van der Waals surface area contributed by atoms with Gasteiger partial charge in [0.15, 0.2) is 5.11 Å². The number of hydrogen-bond donors (Lipinski definition) is 2. The van der Waals surface area contributed by atoms with Crippen molar-refractivity contribution in [3.8, 4) is 0 Å². The van der Waals surface area contributed by atoms with Crippen molar-refractivity contribution in [1.29, 1.82) is 0 Å². The van der Waals surface area contributed by atoms with Gasteiger partial charge in [-0.3, -0.25) is 0 Å². The summed E-state index contributed by atoms with van der Waals surface area (Å²) in [6, 6.07) is 8.45. The summed E-state index contributed by atoms with van der Waals surface area (Å²) in [5, 5.41) is 7.84. The molecular formula is C20H24N2O2S2. The summed E-state index contributed by atoms with van der Waals surface area (Å²) in [7, 11) is 1.43. The molecule has 0 fully saturated rings. The SMILES string of the molecule is COC(=O)c1c(NC(=S)N[C@H](C)c2ccc(C)cc2)sc2c1CCCC2. The third-order valence-electron chi connectivity index (χ3n) is 4.71. The fourth-order valence-electron chi connectivity index (χ4n) is 3.25. The number of esters is 1. The van der Waals surface area contributed by atoms with Gasteiger partial charge in [-0.2, -0.15) is 0 Å². The Bertz CT molecular complexity index is 812. The molecule has 6 heteroatoms. The molecule has 4 nitrogen and oxygen atoms in total. The number of rotatable bonds is 4. The molecular weight excluding hydrogens is 364 g/mol. The molecule has 26 heavy (non-hydrogen) atoms. The molecule has 2 aromatic rings. The molecule has 1 aromatic carbocycles. The minimum Gasteiger partial charge on any atom is -0.465 e. The summed E-state index contributed by atoms with van der Waals surface area (Å²) in [5.41, 5.74) is 4.18. The molecule has 0 saturated heterocycles. The van der Waals surface area contributed by atoms with Gasteiger partial charge in [0.2, 0.25) is 0 Å². The average molecular weight is 389 g/mol. The Labute approximate surface area is 164 Å². The summed E-state index contributed by atoms with van der Waals surface area (Å²) in [6.45, 7) is 4.14. The largest absolute Gasteiger partial charge is 0.465 e. The van der Waals surface area contributed by atoms with Crippen molar-refractivity contribution >= 4 is 39.6 Å². The summed E-state index contributed by atoms with van der Waals surface area (Å²) in [6.07, 6.45) is 4.23. The first kappa shape index (κ1) is 18.9. The van der Waals surface area contributed by atoms with Gasteiger partial charge in [-0.15, -0.1) is 11.3 Å². The number of anilines is 1. The first-order valence-electron chi connectivity index (χ1n) is 8.86. The molecule has 1 aliphatic rings. The molecule has 3 rings (SSSR count). The van der Waals surface area contributed by atoms with Crippen LogP contribution in [0, 0.1) is 6.92 Å². The molecule has 0 aliphatic heterocycles. The van der Waals surface area contributed by atoms with Crippen molar-refractivity contribution in [2.24, 2.45) is 0 Å². The molecule has 1 heterocycles. The first-order valence-corrected chi connectivity index (χ1v) is 10.1. The second-order valence-corrected chi connectivity index (χ2v) is 8.15. The minimum absolute atomic E-state index is 0.0757. The van der Waals surface area contributed by atoms with E-state index < -0.39 is 0 Å². The van der Waals surface area contributed by atoms with Gasteiger partial charge < -0.3 is 15.4 Å². The van der Waals surface area contributed by atoms with Crippen LogP contribution in [0.5, 0.6) is 0 Å². The van der Waals surface area contributed by atoms with Gasteiger partial charge >= 0.3 is 5.97 Å². The Morgan fingerprint density at radius 2 is 1.92 bits per heavy atom. The van der Waals surface area contributed by atoms with Crippen molar-refractivity contribution in [1.82, 2.24) is 5.32 Å². The highest BCUT2D eigenvalue weighted by molar-refractivity contribution is 7.80. The third-order valence-corrected chi connectivity index (χ3v) is 6.14. The van der Waals surface area contributed by atoms with Crippen LogP contribution in [0.2, 0.25) is 0 Å². The zero-order valence-electron chi connectivity index (χ0n) is 15.3. The van der Waals surface area contributed by atoms with E-state index in [0.717, 1.165) is 29.8 Å². The molecule has 0 saturated carbocycles. The summed E-state index contributed by atoms with van der Waals surface area (Å²) in [4.78, 5) is 13.6. The smallest absolute Gasteiger partial charge is 0.341 e. The van der Waals surface area contributed by atoms with E-state index >= 15 is 0 Å². The zero-order valence-corrected chi connectivity index (χ0v) is 17.0. The van der Waals surface area contributed by atoms with E-state index in [0.29, 0.717) is 10.7 Å². The average Bonchev–Trinajstić information content (AvgIpc) is 2.99. The predicted octanol–water partition coefficient (Wildman–Crippen LogP) is 4.77. The number of thiocarbonyl (C=S) groups is 1. The Kier molecular flexibility index (Phi) is 5.94. The molecule has 2 N–H and O–H groups in total. The molecule has 0 spiro atoms. The molecule has 0 unspecified atom stereocenters. The second kappa shape index (κ2) is 8.18. The fraction of sp³-hybridized carbons (Fsp3) is 0.400. The Balaban J connectivity index is 1.75. The highest BCUT2D eigenvalue weighted by Gasteiger charge is 2.26. The molecule has 1 aliphatic carbocycles. The van der Waals surface area contributed by atoms with Crippen molar-refractivity contribution in [2.75, 3.05) is 12.4 Å². The normalized spacial score (nSPS) is 14.3. The maximum atomic E-state index is 12.3. The monoisotopic (exact) mass is 388 g/mol. The lowest BCUT2D eigenvalue weighted by molar-refractivity contribution is 0.0601. The highest BCUT2D eigenvalue weighted by atomic mass is 32.1. The standard InChI is InChI=1S/C20H24N2O2S2/c1-12-8-10-14(11-9-12)13(2)21-20(25)22-18-17(19(23)24-3)15-6-4-5-7-16(15)26-18/h8-11,13H,4-7H2,1-3H3,(H2,21,22,25)/t13-/m1/s1. The van der Waals surface area contributed by atoms with Crippen LogP contribution < -0.4 is 10.6 Å². The van der Waals surface area contributed by atoms with Gasteiger partial charge in [0, 0.05) is 4.88 Å². The number of aryl methyl sites for hydroxylation is 2. The first-order chi connectivity index (χ1) is 12.5. The van der Waals surface area contributed by atoms with E-state index in [1.165, 1.54) is 29.5 Å². The van der Waals surface area contributed by atoms with Crippen LogP contribution in [0.4, 0.5) is 5.00 Å². The van der Waals surface area contributed by atoms with Crippen molar-refractivity contribution in [2.45, 2.75) is 45.6 Å². The van der Waals surface area contributed by atoms with Crippen LogP contribution in [0.3, 0.4) is 0 Å². The number of nitrogens with one attached hydrogen (secondary N) is 2. The van der Waals surface area contributed by atoms with Crippen molar-refractivity contribution in [3.05, 3.63) is 51.4 Å². The third kappa shape index (κ3) is 4.07. The van der Waals surface area contributed by atoms with Crippen LogP contribution in [0.1, 0.15) is 57.7 Å². The van der Waals surface area contributed by atoms with E-state index in [-0.39, 0.29) is 12.0 Å². The summed E-state index contributed by atoms with van der Waals surface area (Å²) in [5.74, 6) is -0.290. The van der Waals surface area contributed by atoms with Gasteiger partial charge in [-0.05, 0) is 62.9 Å². The number of methoxy groups -OCH3 is 1. The van der Waals surface area contributed by atoms with Crippen molar-refractivity contribution in [3.63, 3.8) is 0 Å². The second-order valence-electron chi connectivity index (χ2n) is 6.64. The number of hydrogen-bond acceptors (Lipinski definition) is 4. The lowest BCUT2D eigenvalue weighted by Gasteiger charge is -2.17. The maximum Gasteiger partial charge on any atom is 0.341 e. The van der Waals surface area contributed by atoms with Gasteiger partial charge in [-0.1, -0.05) is 29.8 Å². The Hall–Kier alpha value is -1.92. The quantitative estimate of drug-likeness (QED) is 0.584. The number of thiophene rings is 1. The molecule has 138 valence electrons.